The summed E-state index contributed by atoms with van der Waals surface area (Å²) in [7, 11) is 3.52. The van der Waals surface area contributed by atoms with E-state index in [1.165, 1.54) is 14.8 Å². The van der Waals surface area contributed by atoms with Crippen LogP contribution in [0.1, 0.15) is 23.7 Å². The molecule has 1 aromatic carbocycles. The number of hydrogen-bond acceptors (Lipinski definition) is 5. The van der Waals surface area contributed by atoms with Gasteiger partial charge in [-0.25, -0.2) is 4.98 Å². The number of benzene rings is 1. The molecule has 27 heavy (non-hydrogen) atoms. The van der Waals surface area contributed by atoms with Crippen LogP contribution in [0.4, 0.5) is 0 Å². The molecule has 0 bridgehead atoms. The lowest BCUT2D eigenvalue weighted by Crippen LogP contribution is -2.40. The molecular weight excluding hydrogens is 376 g/mol. The molecule has 1 unspecified atom stereocenters. The summed E-state index contributed by atoms with van der Waals surface area (Å²) < 4.78 is 5.41. The highest BCUT2D eigenvalue weighted by molar-refractivity contribution is 7.99. The molecule has 0 spiro atoms. The quantitative estimate of drug-likeness (QED) is 0.357. The maximum atomic E-state index is 5.41. The van der Waals surface area contributed by atoms with Crippen LogP contribution in [0.5, 0.6) is 5.75 Å². The molecule has 0 aliphatic carbocycles. The highest BCUT2D eigenvalue weighted by Gasteiger charge is 2.08. The predicted molar refractivity (Wildman–Crippen MR) is 117 cm³/mol. The lowest BCUT2D eigenvalue weighted by atomic mass is 10.2. The number of guanidine groups is 1. The third kappa shape index (κ3) is 7.42. The van der Waals surface area contributed by atoms with Crippen molar-refractivity contribution in [1.29, 1.82) is 0 Å². The molecule has 0 aliphatic rings. The number of aliphatic imine (C=N–C) groups is 1. The molecular formula is C20H30N4OS2. The fourth-order valence-electron chi connectivity index (χ4n) is 2.44. The molecule has 5 nitrogen and oxygen atoms in total. The van der Waals surface area contributed by atoms with E-state index in [1.807, 2.05) is 43.2 Å². The van der Waals surface area contributed by atoms with Gasteiger partial charge < -0.3 is 15.4 Å². The van der Waals surface area contributed by atoms with Gasteiger partial charge in [-0.05, 0) is 24.5 Å². The molecule has 0 aliphatic heterocycles. The van der Waals surface area contributed by atoms with E-state index < -0.39 is 0 Å². The summed E-state index contributed by atoms with van der Waals surface area (Å²) in [6.45, 7) is 6.11. The van der Waals surface area contributed by atoms with Crippen LogP contribution >= 0.6 is 23.1 Å². The van der Waals surface area contributed by atoms with Crippen molar-refractivity contribution in [2.75, 3.05) is 33.0 Å². The van der Waals surface area contributed by atoms with E-state index in [0.29, 0.717) is 5.92 Å². The van der Waals surface area contributed by atoms with Gasteiger partial charge in [-0.2, -0.15) is 0 Å². The fraction of sp³-hybridized carbons (Fsp3) is 0.500. The molecule has 0 saturated carbocycles. The number of aromatic nitrogens is 1. The van der Waals surface area contributed by atoms with Crippen molar-refractivity contribution in [2.24, 2.45) is 10.9 Å². The van der Waals surface area contributed by atoms with Gasteiger partial charge in [-0.3, -0.25) is 4.99 Å². The van der Waals surface area contributed by atoms with Crippen LogP contribution in [0.2, 0.25) is 0 Å². The number of thioether (sulfide) groups is 1. The van der Waals surface area contributed by atoms with Gasteiger partial charge in [0.1, 0.15) is 5.75 Å². The first-order valence-electron chi connectivity index (χ1n) is 9.30. The van der Waals surface area contributed by atoms with Gasteiger partial charge in [0.15, 0.2) is 5.96 Å². The standard InChI is InChI=1S/C20H30N4OS2/c1-5-16-13-23-19(27-16)10-11-22-20(21-3)24-12-15(2)14-26-18-9-7-6-8-17(18)25-4/h6-9,13,15H,5,10-12,14H2,1-4H3,(H2,21,22,24). The Bertz CT molecular complexity index is 718. The minimum absolute atomic E-state index is 0.504. The molecule has 148 valence electrons. The summed E-state index contributed by atoms with van der Waals surface area (Å²) in [4.78, 5) is 11.3. The Morgan fingerprint density at radius 2 is 2.15 bits per heavy atom. The van der Waals surface area contributed by atoms with Crippen molar-refractivity contribution in [3.8, 4) is 5.75 Å². The number of aryl methyl sites for hydroxylation is 1. The first kappa shape index (κ1) is 21.6. The van der Waals surface area contributed by atoms with Gasteiger partial charge in [0, 0.05) is 48.3 Å². The van der Waals surface area contributed by atoms with Crippen LogP contribution < -0.4 is 15.4 Å². The van der Waals surface area contributed by atoms with E-state index >= 15 is 0 Å². The molecule has 1 atom stereocenters. The monoisotopic (exact) mass is 406 g/mol. The Morgan fingerprint density at radius 3 is 2.85 bits per heavy atom. The van der Waals surface area contributed by atoms with Crippen LogP contribution in [0.3, 0.4) is 0 Å². The maximum Gasteiger partial charge on any atom is 0.190 e. The molecule has 1 aromatic heterocycles. The number of methoxy groups -OCH3 is 1. The number of thiazole rings is 1. The summed E-state index contributed by atoms with van der Waals surface area (Å²) in [6.07, 6.45) is 3.96. The fourth-order valence-corrected chi connectivity index (χ4v) is 4.35. The molecule has 2 rings (SSSR count). The Labute approximate surface area is 171 Å². The normalized spacial score (nSPS) is 12.7. The minimum atomic E-state index is 0.504. The topological polar surface area (TPSA) is 58.5 Å². The van der Waals surface area contributed by atoms with Gasteiger partial charge in [0.05, 0.1) is 12.1 Å². The average Bonchev–Trinajstić information content (AvgIpc) is 3.17. The highest BCUT2D eigenvalue weighted by atomic mass is 32.2. The highest BCUT2D eigenvalue weighted by Crippen LogP contribution is 2.29. The summed E-state index contributed by atoms with van der Waals surface area (Å²) in [6, 6.07) is 8.15. The van der Waals surface area contributed by atoms with Crippen LogP contribution in [0.25, 0.3) is 0 Å². The second-order valence-corrected chi connectivity index (χ2v) is 8.53. The van der Waals surface area contributed by atoms with Crippen LogP contribution in [-0.2, 0) is 12.8 Å². The predicted octanol–water partition coefficient (Wildman–Crippen LogP) is 3.85. The third-order valence-corrected chi connectivity index (χ3v) is 6.60. The second kappa shape index (κ2) is 11.9. The van der Waals surface area contributed by atoms with Crippen molar-refractivity contribution >= 4 is 29.1 Å². The van der Waals surface area contributed by atoms with E-state index in [1.54, 1.807) is 18.4 Å². The lowest BCUT2D eigenvalue weighted by Gasteiger charge is -2.16. The molecule has 7 heteroatoms. The van der Waals surface area contributed by atoms with Crippen molar-refractivity contribution in [1.82, 2.24) is 15.6 Å². The van der Waals surface area contributed by atoms with Crippen LogP contribution in [0.15, 0.2) is 40.4 Å². The molecule has 0 saturated heterocycles. The van der Waals surface area contributed by atoms with Crippen molar-refractivity contribution in [3.05, 3.63) is 40.3 Å². The summed E-state index contributed by atoms with van der Waals surface area (Å²) in [5.74, 6) is 3.30. The zero-order chi connectivity index (χ0) is 19.5. The van der Waals surface area contributed by atoms with Crippen LogP contribution in [0, 0.1) is 5.92 Å². The number of nitrogens with one attached hydrogen (secondary N) is 2. The third-order valence-electron chi connectivity index (χ3n) is 4.02. The van der Waals surface area contributed by atoms with Gasteiger partial charge in [0.25, 0.3) is 0 Å². The Morgan fingerprint density at radius 1 is 1.33 bits per heavy atom. The van der Waals surface area contributed by atoms with Gasteiger partial charge >= 0.3 is 0 Å². The van der Waals surface area contributed by atoms with Gasteiger partial charge in [0.2, 0.25) is 0 Å². The van der Waals surface area contributed by atoms with Gasteiger partial charge in [-0.1, -0.05) is 26.0 Å². The molecule has 0 fully saturated rings. The van der Waals surface area contributed by atoms with E-state index in [2.05, 4.69) is 40.5 Å². The Balaban J connectivity index is 1.68. The van der Waals surface area contributed by atoms with Crippen molar-refractivity contribution < 1.29 is 4.74 Å². The Kier molecular flexibility index (Phi) is 9.48. The molecule has 2 aromatic rings. The molecule has 1 heterocycles. The first-order chi connectivity index (χ1) is 13.2. The SMILES string of the molecule is CCc1cnc(CCNC(=NC)NCC(C)CSc2ccccc2OC)s1. The number of para-hydroxylation sites is 1. The Hall–Kier alpha value is -1.73. The number of hydrogen-bond donors (Lipinski definition) is 2. The lowest BCUT2D eigenvalue weighted by molar-refractivity contribution is 0.405. The largest absolute Gasteiger partial charge is 0.496 e. The van der Waals surface area contributed by atoms with E-state index in [9.17, 15) is 0 Å². The van der Waals surface area contributed by atoms with E-state index in [-0.39, 0.29) is 0 Å². The summed E-state index contributed by atoms with van der Waals surface area (Å²) in [5.41, 5.74) is 0. The summed E-state index contributed by atoms with van der Waals surface area (Å²) in [5, 5.41) is 7.96. The minimum Gasteiger partial charge on any atom is -0.496 e. The number of rotatable bonds is 10. The number of ether oxygens (including phenoxy) is 1. The molecule has 2 N–H and O–H groups in total. The zero-order valence-electron chi connectivity index (χ0n) is 16.6. The number of nitrogens with zero attached hydrogens (tertiary/aromatic N) is 2. The van der Waals surface area contributed by atoms with E-state index in [4.69, 9.17) is 4.74 Å². The zero-order valence-corrected chi connectivity index (χ0v) is 18.3. The van der Waals surface area contributed by atoms with E-state index in [0.717, 1.165) is 43.4 Å². The van der Waals surface area contributed by atoms with Crippen LogP contribution in [-0.4, -0.2) is 43.9 Å². The maximum absolute atomic E-state index is 5.41. The second-order valence-electron chi connectivity index (χ2n) is 6.27. The molecule has 0 radical (unpaired) electrons. The molecule has 0 amide bonds. The van der Waals surface area contributed by atoms with Crippen molar-refractivity contribution in [3.63, 3.8) is 0 Å². The van der Waals surface area contributed by atoms with Crippen molar-refractivity contribution in [2.45, 2.75) is 31.6 Å². The smallest absolute Gasteiger partial charge is 0.190 e. The first-order valence-corrected chi connectivity index (χ1v) is 11.1. The average molecular weight is 407 g/mol. The summed E-state index contributed by atoms with van der Waals surface area (Å²) >= 11 is 3.62. The van der Waals surface area contributed by atoms with Gasteiger partial charge in [-0.15, -0.1) is 23.1 Å².